The predicted molar refractivity (Wildman–Crippen MR) is 38.6 cm³/mol. The van der Waals surface area contributed by atoms with E-state index in [2.05, 4.69) is 0 Å². The van der Waals surface area contributed by atoms with Gasteiger partial charge in [-0.1, -0.05) is 6.92 Å². The highest BCUT2D eigenvalue weighted by Crippen LogP contribution is 1.89. The number of hydrogen-bond acceptors (Lipinski definition) is 2. The van der Waals surface area contributed by atoms with Crippen molar-refractivity contribution in [3.8, 4) is 0 Å². The molecular weight excluding hydrogens is 130 g/mol. The summed E-state index contributed by atoms with van der Waals surface area (Å²) >= 11 is 0. The van der Waals surface area contributed by atoms with E-state index >= 15 is 0 Å². The molecule has 0 rings (SSSR count). The molecule has 0 bridgehead atoms. The number of hydrogen-bond donors (Lipinski definition) is 0. The zero-order valence-corrected chi connectivity index (χ0v) is 6.46. The lowest BCUT2D eigenvalue weighted by atomic mass is 10.4. The van der Waals surface area contributed by atoms with Crippen LogP contribution in [0.4, 0.5) is 0 Å². The lowest BCUT2D eigenvalue weighted by Crippen LogP contribution is -2.26. The summed E-state index contributed by atoms with van der Waals surface area (Å²) in [5, 5.41) is 0. The fourth-order valence-electron chi connectivity index (χ4n) is 0.641. The van der Waals surface area contributed by atoms with Gasteiger partial charge in [-0.3, -0.25) is 4.79 Å². The Morgan fingerprint density at radius 1 is 1.60 bits per heavy atom. The van der Waals surface area contributed by atoms with Crippen LogP contribution in [0.3, 0.4) is 0 Å². The number of aldehydes is 1. The van der Waals surface area contributed by atoms with Gasteiger partial charge in [0.25, 0.3) is 0 Å². The van der Waals surface area contributed by atoms with Crippen molar-refractivity contribution in [1.29, 1.82) is 0 Å². The highest BCUT2D eigenvalue weighted by atomic mass is 16.2. The topological polar surface area (TPSA) is 37.4 Å². The van der Waals surface area contributed by atoms with E-state index in [1.54, 1.807) is 18.9 Å². The Kier molecular flexibility index (Phi) is 4.54. The molecule has 0 spiro atoms. The average Bonchev–Trinajstić information content (AvgIpc) is 1.98. The van der Waals surface area contributed by atoms with Crippen LogP contribution in [0.25, 0.3) is 0 Å². The highest BCUT2D eigenvalue weighted by Gasteiger charge is 2.02. The van der Waals surface area contributed by atoms with Crippen molar-refractivity contribution in [2.45, 2.75) is 19.8 Å². The Bertz CT molecular complexity index is 123. The van der Waals surface area contributed by atoms with Crippen molar-refractivity contribution in [2.24, 2.45) is 0 Å². The Balaban J connectivity index is 3.50. The standard InChI is InChI=1S/C7H13NO2/c1-3-7(10)8(2)5-4-6-9/h6H,3-5H2,1-2H3. The molecule has 0 aliphatic heterocycles. The summed E-state index contributed by atoms with van der Waals surface area (Å²) < 4.78 is 0. The van der Waals surface area contributed by atoms with E-state index in [9.17, 15) is 9.59 Å². The smallest absolute Gasteiger partial charge is 0.222 e. The van der Waals surface area contributed by atoms with Crippen LogP contribution >= 0.6 is 0 Å². The lowest BCUT2D eigenvalue weighted by molar-refractivity contribution is -0.129. The van der Waals surface area contributed by atoms with Crippen molar-refractivity contribution in [2.75, 3.05) is 13.6 Å². The zero-order chi connectivity index (χ0) is 7.98. The third-order valence-corrected chi connectivity index (χ3v) is 1.31. The van der Waals surface area contributed by atoms with Crippen molar-refractivity contribution in [1.82, 2.24) is 4.90 Å². The minimum Gasteiger partial charge on any atom is -0.345 e. The normalized spacial score (nSPS) is 9.00. The molecule has 0 saturated carbocycles. The van der Waals surface area contributed by atoms with Crippen molar-refractivity contribution in [3.05, 3.63) is 0 Å². The molecule has 0 saturated heterocycles. The minimum atomic E-state index is 0.0850. The van der Waals surface area contributed by atoms with Crippen molar-refractivity contribution in [3.63, 3.8) is 0 Å². The molecule has 1 amide bonds. The molecule has 10 heavy (non-hydrogen) atoms. The van der Waals surface area contributed by atoms with Crippen LogP contribution in [0.2, 0.25) is 0 Å². The van der Waals surface area contributed by atoms with E-state index in [-0.39, 0.29) is 5.91 Å². The summed E-state index contributed by atoms with van der Waals surface area (Å²) in [4.78, 5) is 22.3. The maximum absolute atomic E-state index is 10.8. The minimum absolute atomic E-state index is 0.0850. The van der Waals surface area contributed by atoms with Crippen molar-refractivity contribution >= 4 is 12.2 Å². The monoisotopic (exact) mass is 143 g/mol. The molecule has 0 N–H and O–H groups in total. The highest BCUT2D eigenvalue weighted by molar-refractivity contribution is 5.75. The van der Waals surface area contributed by atoms with Gasteiger partial charge in [0.1, 0.15) is 6.29 Å². The van der Waals surface area contributed by atoms with Crippen LogP contribution in [-0.4, -0.2) is 30.7 Å². The van der Waals surface area contributed by atoms with Gasteiger partial charge in [0.15, 0.2) is 0 Å². The molecule has 0 aromatic rings. The summed E-state index contributed by atoms with van der Waals surface area (Å²) in [6.45, 7) is 2.34. The quantitative estimate of drug-likeness (QED) is 0.535. The molecular formula is C7H13NO2. The van der Waals surface area contributed by atoms with Crippen LogP contribution < -0.4 is 0 Å². The van der Waals surface area contributed by atoms with Crippen LogP contribution in [0.5, 0.6) is 0 Å². The van der Waals surface area contributed by atoms with E-state index in [4.69, 9.17) is 0 Å². The molecule has 58 valence electrons. The second kappa shape index (κ2) is 4.97. The summed E-state index contributed by atoms with van der Waals surface area (Å²) in [6, 6.07) is 0. The van der Waals surface area contributed by atoms with Gasteiger partial charge >= 0.3 is 0 Å². The fraction of sp³-hybridized carbons (Fsp3) is 0.714. The third-order valence-electron chi connectivity index (χ3n) is 1.31. The maximum Gasteiger partial charge on any atom is 0.222 e. The fourth-order valence-corrected chi connectivity index (χ4v) is 0.641. The second-order valence-electron chi connectivity index (χ2n) is 2.12. The molecule has 0 heterocycles. The summed E-state index contributed by atoms with van der Waals surface area (Å²) in [6.07, 6.45) is 1.76. The first-order valence-corrected chi connectivity index (χ1v) is 3.40. The predicted octanol–water partition coefficient (Wildman–Crippen LogP) is 0.444. The molecule has 0 aliphatic rings. The number of nitrogens with zero attached hydrogens (tertiary/aromatic N) is 1. The zero-order valence-electron chi connectivity index (χ0n) is 6.46. The molecule has 0 radical (unpaired) electrons. The maximum atomic E-state index is 10.8. The molecule has 3 nitrogen and oxygen atoms in total. The average molecular weight is 143 g/mol. The molecule has 0 atom stereocenters. The van der Waals surface area contributed by atoms with E-state index in [1.807, 2.05) is 0 Å². The first-order valence-electron chi connectivity index (χ1n) is 3.40. The number of rotatable bonds is 4. The van der Waals surface area contributed by atoms with Gasteiger partial charge in [-0.15, -0.1) is 0 Å². The van der Waals surface area contributed by atoms with E-state index in [1.165, 1.54) is 0 Å². The largest absolute Gasteiger partial charge is 0.345 e. The van der Waals surface area contributed by atoms with Gasteiger partial charge in [-0.05, 0) is 0 Å². The van der Waals surface area contributed by atoms with Gasteiger partial charge < -0.3 is 9.69 Å². The number of carbonyl (C=O) groups is 2. The lowest BCUT2D eigenvalue weighted by Gasteiger charge is -2.13. The molecule has 0 unspecified atom stereocenters. The molecule has 0 aromatic heterocycles. The van der Waals surface area contributed by atoms with Crippen LogP contribution in [0.1, 0.15) is 19.8 Å². The Morgan fingerprint density at radius 2 is 2.20 bits per heavy atom. The SMILES string of the molecule is CCC(=O)N(C)CCC=O. The van der Waals surface area contributed by atoms with Gasteiger partial charge in [0, 0.05) is 26.4 Å². The van der Waals surface area contributed by atoms with Crippen LogP contribution in [0, 0.1) is 0 Å². The molecule has 3 heteroatoms. The number of amides is 1. The summed E-state index contributed by atoms with van der Waals surface area (Å²) in [5.74, 6) is 0.0850. The Labute approximate surface area is 61.0 Å². The van der Waals surface area contributed by atoms with Gasteiger partial charge in [0.2, 0.25) is 5.91 Å². The summed E-state index contributed by atoms with van der Waals surface area (Å²) in [7, 11) is 1.70. The van der Waals surface area contributed by atoms with Crippen molar-refractivity contribution < 1.29 is 9.59 Å². The first kappa shape index (κ1) is 9.14. The molecule has 0 fully saturated rings. The van der Waals surface area contributed by atoms with E-state index in [0.29, 0.717) is 19.4 Å². The van der Waals surface area contributed by atoms with Gasteiger partial charge in [-0.2, -0.15) is 0 Å². The second-order valence-corrected chi connectivity index (χ2v) is 2.12. The van der Waals surface area contributed by atoms with E-state index < -0.39 is 0 Å². The summed E-state index contributed by atoms with van der Waals surface area (Å²) in [5.41, 5.74) is 0. The molecule has 0 aromatic carbocycles. The Hall–Kier alpha value is -0.860. The van der Waals surface area contributed by atoms with Crippen LogP contribution in [-0.2, 0) is 9.59 Å². The number of carbonyl (C=O) groups excluding carboxylic acids is 2. The van der Waals surface area contributed by atoms with Gasteiger partial charge in [0.05, 0.1) is 0 Å². The first-order chi connectivity index (χ1) is 4.72. The molecule has 0 aliphatic carbocycles. The third kappa shape index (κ3) is 3.22. The van der Waals surface area contributed by atoms with Crippen LogP contribution in [0.15, 0.2) is 0 Å². The van der Waals surface area contributed by atoms with Gasteiger partial charge in [-0.25, -0.2) is 0 Å². The Morgan fingerprint density at radius 3 is 2.60 bits per heavy atom. The van der Waals surface area contributed by atoms with E-state index in [0.717, 1.165) is 6.29 Å².